The summed E-state index contributed by atoms with van der Waals surface area (Å²) in [6.07, 6.45) is 0. The van der Waals surface area contributed by atoms with Gasteiger partial charge in [-0.1, -0.05) is 12.1 Å². The number of amides is 1. The fraction of sp³-hybridized carbons (Fsp3) is 0.562. The van der Waals surface area contributed by atoms with E-state index in [1.165, 1.54) is 0 Å². The smallest absolute Gasteiger partial charge is 0.249 e. The summed E-state index contributed by atoms with van der Waals surface area (Å²) in [5, 5.41) is 9.54. The molecule has 20 heavy (non-hydrogen) atoms. The van der Waals surface area contributed by atoms with Gasteiger partial charge in [-0.3, -0.25) is 4.79 Å². The molecule has 1 aromatic rings. The highest BCUT2D eigenvalue weighted by Gasteiger charge is 2.22. The summed E-state index contributed by atoms with van der Waals surface area (Å²) in [5.74, 6) is 0.169. The number of carbonyl (C=O) groups is 1. The lowest BCUT2D eigenvalue weighted by Gasteiger charge is -2.30. The van der Waals surface area contributed by atoms with E-state index >= 15 is 0 Å². The van der Waals surface area contributed by atoms with Crippen molar-refractivity contribution in [2.75, 3.05) is 13.2 Å². The molecule has 1 aromatic carbocycles. The van der Waals surface area contributed by atoms with Crippen LogP contribution in [0.5, 0.6) is 5.75 Å². The molecule has 0 saturated heterocycles. The number of rotatable bonds is 5. The first-order valence-corrected chi connectivity index (χ1v) is 6.97. The largest absolute Gasteiger partial charge is 0.508 e. The summed E-state index contributed by atoms with van der Waals surface area (Å²) < 4.78 is 5.54. The number of likely N-dealkylation sites (N-methyl/N-ethyl adjacent to an activating group) is 1. The first-order valence-electron chi connectivity index (χ1n) is 6.97. The standard InChI is InChI=1S/C16H25NO3/c1-6-17(15(19)11-20-16(3,4)5)12(2)13-8-7-9-14(18)10-13/h7-10,12,18H,6,11H2,1-5H3. The van der Waals surface area contributed by atoms with Gasteiger partial charge in [0.25, 0.3) is 0 Å². The number of phenolic OH excluding ortho intramolecular Hbond substituents is 1. The molecule has 0 aliphatic heterocycles. The Morgan fingerprint density at radius 1 is 1.40 bits per heavy atom. The predicted molar refractivity (Wildman–Crippen MR) is 79.6 cm³/mol. The number of nitrogens with zero attached hydrogens (tertiary/aromatic N) is 1. The lowest BCUT2D eigenvalue weighted by molar-refractivity contribution is -0.143. The van der Waals surface area contributed by atoms with Crippen LogP contribution >= 0.6 is 0 Å². The van der Waals surface area contributed by atoms with Gasteiger partial charge in [-0.2, -0.15) is 0 Å². The van der Waals surface area contributed by atoms with E-state index in [1.807, 2.05) is 40.7 Å². The monoisotopic (exact) mass is 279 g/mol. The number of ether oxygens (including phenoxy) is 1. The SMILES string of the molecule is CCN(C(=O)COC(C)(C)C)C(C)c1cccc(O)c1. The van der Waals surface area contributed by atoms with Crippen molar-refractivity contribution in [2.24, 2.45) is 0 Å². The molecule has 0 aliphatic carbocycles. The zero-order chi connectivity index (χ0) is 15.3. The summed E-state index contributed by atoms with van der Waals surface area (Å²) in [5.41, 5.74) is 0.583. The lowest BCUT2D eigenvalue weighted by atomic mass is 10.1. The minimum atomic E-state index is -0.330. The van der Waals surface area contributed by atoms with Crippen molar-refractivity contribution in [1.82, 2.24) is 4.90 Å². The molecule has 0 saturated carbocycles. The molecule has 0 radical (unpaired) electrons. The van der Waals surface area contributed by atoms with Gasteiger partial charge in [0.05, 0.1) is 11.6 Å². The van der Waals surface area contributed by atoms with Gasteiger partial charge in [-0.25, -0.2) is 0 Å². The maximum absolute atomic E-state index is 12.3. The zero-order valence-corrected chi connectivity index (χ0v) is 13.0. The first-order chi connectivity index (χ1) is 9.24. The van der Waals surface area contributed by atoms with E-state index in [2.05, 4.69) is 0 Å². The number of hydrogen-bond donors (Lipinski definition) is 1. The van der Waals surface area contributed by atoms with Crippen molar-refractivity contribution in [3.63, 3.8) is 0 Å². The summed E-state index contributed by atoms with van der Waals surface area (Å²) in [6.45, 7) is 10.3. The minimum absolute atomic E-state index is 0.0433. The molecule has 112 valence electrons. The highest BCUT2D eigenvalue weighted by Crippen LogP contribution is 2.23. The fourth-order valence-corrected chi connectivity index (χ4v) is 1.99. The average Bonchev–Trinajstić information content (AvgIpc) is 2.36. The molecule has 4 heteroatoms. The summed E-state index contributed by atoms with van der Waals surface area (Å²) >= 11 is 0. The highest BCUT2D eigenvalue weighted by atomic mass is 16.5. The molecule has 0 spiro atoms. The predicted octanol–water partition coefficient (Wildman–Crippen LogP) is 3.12. The van der Waals surface area contributed by atoms with Gasteiger partial charge in [-0.15, -0.1) is 0 Å². The zero-order valence-electron chi connectivity index (χ0n) is 13.0. The van der Waals surface area contributed by atoms with Crippen LogP contribution in [0.3, 0.4) is 0 Å². The Morgan fingerprint density at radius 2 is 2.05 bits per heavy atom. The van der Waals surface area contributed by atoms with Crippen molar-refractivity contribution < 1.29 is 14.6 Å². The topological polar surface area (TPSA) is 49.8 Å². The third-order valence-corrected chi connectivity index (χ3v) is 3.11. The van der Waals surface area contributed by atoms with Crippen LogP contribution in [-0.2, 0) is 9.53 Å². The Bertz CT molecular complexity index is 451. The van der Waals surface area contributed by atoms with Crippen LogP contribution in [0.25, 0.3) is 0 Å². The maximum Gasteiger partial charge on any atom is 0.249 e. The van der Waals surface area contributed by atoms with Crippen molar-refractivity contribution in [3.8, 4) is 5.75 Å². The van der Waals surface area contributed by atoms with E-state index in [-0.39, 0.29) is 29.9 Å². The molecule has 1 N–H and O–H groups in total. The summed E-state index contributed by atoms with van der Waals surface area (Å²) in [7, 11) is 0. The van der Waals surface area contributed by atoms with E-state index in [1.54, 1.807) is 23.1 Å². The second-order valence-electron chi connectivity index (χ2n) is 5.85. The lowest BCUT2D eigenvalue weighted by Crippen LogP contribution is -2.38. The van der Waals surface area contributed by atoms with Crippen molar-refractivity contribution >= 4 is 5.91 Å². The van der Waals surface area contributed by atoms with Gasteiger partial charge >= 0.3 is 0 Å². The molecule has 1 rings (SSSR count). The molecular weight excluding hydrogens is 254 g/mol. The summed E-state index contributed by atoms with van der Waals surface area (Å²) in [4.78, 5) is 14.0. The van der Waals surface area contributed by atoms with E-state index in [0.29, 0.717) is 6.54 Å². The van der Waals surface area contributed by atoms with Gasteiger partial charge in [0, 0.05) is 6.54 Å². The van der Waals surface area contributed by atoms with E-state index in [9.17, 15) is 9.90 Å². The fourth-order valence-electron chi connectivity index (χ4n) is 1.99. The molecule has 0 bridgehead atoms. The molecular formula is C16H25NO3. The molecule has 0 heterocycles. The number of benzene rings is 1. The van der Waals surface area contributed by atoms with Crippen LogP contribution in [0.2, 0.25) is 0 Å². The molecule has 0 fully saturated rings. The summed E-state index contributed by atoms with van der Waals surface area (Å²) in [6, 6.07) is 6.90. The number of carbonyl (C=O) groups excluding carboxylic acids is 1. The van der Waals surface area contributed by atoms with Crippen LogP contribution in [0, 0.1) is 0 Å². The average molecular weight is 279 g/mol. The van der Waals surface area contributed by atoms with Gasteiger partial charge in [0.1, 0.15) is 12.4 Å². The maximum atomic E-state index is 12.3. The number of hydrogen-bond acceptors (Lipinski definition) is 3. The Kier molecular flexibility index (Phi) is 5.57. The molecule has 0 aliphatic rings. The molecule has 4 nitrogen and oxygen atoms in total. The number of aromatic hydroxyl groups is 1. The normalized spacial score (nSPS) is 13.1. The van der Waals surface area contributed by atoms with Crippen molar-refractivity contribution in [1.29, 1.82) is 0 Å². The third kappa shape index (κ3) is 4.85. The first kappa shape index (κ1) is 16.5. The van der Waals surface area contributed by atoms with Crippen LogP contribution in [0.4, 0.5) is 0 Å². The molecule has 1 atom stereocenters. The Labute approximate surface area is 121 Å². The quantitative estimate of drug-likeness (QED) is 0.901. The highest BCUT2D eigenvalue weighted by molar-refractivity contribution is 5.78. The van der Waals surface area contributed by atoms with E-state index in [0.717, 1.165) is 5.56 Å². The minimum Gasteiger partial charge on any atom is -0.508 e. The van der Waals surface area contributed by atoms with E-state index in [4.69, 9.17) is 4.74 Å². The molecule has 1 unspecified atom stereocenters. The second-order valence-corrected chi connectivity index (χ2v) is 5.85. The van der Waals surface area contributed by atoms with Gasteiger partial charge in [0.2, 0.25) is 5.91 Å². The second kappa shape index (κ2) is 6.75. The van der Waals surface area contributed by atoms with Crippen LogP contribution in [0.15, 0.2) is 24.3 Å². The van der Waals surface area contributed by atoms with Crippen molar-refractivity contribution in [3.05, 3.63) is 29.8 Å². The Hall–Kier alpha value is -1.55. The third-order valence-electron chi connectivity index (χ3n) is 3.11. The molecule has 0 aromatic heterocycles. The van der Waals surface area contributed by atoms with Crippen LogP contribution in [0.1, 0.15) is 46.2 Å². The van der Waals surface area contributed by atoms with Gasteiger partial charge < -0.3 is 14.7 Å². The van der Waals surface area contributed by atoms with Crippen molar-refractivity contribution in [2.45, 2.75) is 46.3 Å². The van der Waals surface area contributed by atoms with Crippen LogP contribution in [-0.4, -0.2) is 34.7 Å². The molecule has 1 amide bonds. The van der Waals surface area contributed by atoms with Gasteiger partial charge in [0.15, 0.2) is 0 Å². The number of phenols is 1. The van der Waals surface area contributed by atoms with Gasteiger partial charge in [-0.05, 0) is 52.3 Å². The van der Waals surface area contributed by atoms with E-state index < -0.39 is 0 Å². The Balaban J connectivity index is 2.77. The van der Waals surface area contributed by atoms with Crippen LogP contribution < -0.4 is 0 Å². The Morgan fingerprint density at radius 3 is 2.55 bits per heavy atom.